The maximum absolute atomic E-state index is 12.3. The van der Waals surface area contributed by atoms with E-state index in [0.29, 0.717) is 28.2 Å². The Kier molecular flexibility index (Phi) is 5.43. The molecule has 0 fully saturated rings. The number of methoxy groups -OCH3 is 1. The summed E-state index contributed by atoms with van der Waals surface area (Å²) >= 11 is 6.13. The highest BCUT2D eigenvalue weighted by Crippen LogP contribution is 2.40. The molecule has 0 saturated heterocycles. The largest absolute Gasteiger partial charge is 0.454 e. The Hall–Kier alpha value is -2.58. The number of rotatable bonds is 6. The van der Waals surface area contributed by atoms with E-state index < -0.39 is 0 Å². The zero-order valence-electron chi connectivity index (χ0n) is 14.6. The molecule has 1 unspecified atom stereocenters. The number of ether oxygens (including phenoxy) is 3. The third-order valence-corrected chi connectivity index (χ3v) is 4.10. The summed E-state index contributed by atoms with van der Waals surface area (Å²) in [6.07, 6.45) is 2.81. The first kappa shape index (κ1) is 18.2. The summed E-state index contributed by atoms with van der Waals surface area (Å²) in [6.45, 7) is 2.13. The minimum atomic E-state index is -0.274. The van der Waals surface area contributed by atoms with Crippen molar-refractivity contribution in [3.63, 3.8) is 0 Å². The highest BCUT2D eigenvalue weighted by Gasteiger charge is 2.18. The fourth-order valence-electron chi connectivity index (χ4n) is 2.26. The molecule has 1 aromatic carbocycles. The summed E-state index contributed by atoms with van der Waals surface area (Å²) in [5, 5.41) is 4.26. The molecule has 0 spiro atoms. The second kappa shape index (κ2) is 7.76. The third-order valence-electron chi connectivity index (χ3n) is 3.82. The van der Waals surface area contributed by atoms with E-state index in [4.69, 9.17) is 30.3 Å². The second-order valence-corrected chi connectivity index (χ2v) is 6.10. The summed E-state index contributed by atoms with van der Waals surface area (Å²) in [5.41, 5.74) is 0.731. The molecule has 0 bridgehead atoms. The molecular formula is C17H18ClN3O5. The smallest absolute Gasteiger partial charge is 0.246 e. The minimum absolute atomic E-state index is 0.137. The highest BCUT2D eigenvalue weighted by molar-refractivity contribution is 6.32. The number of hydrogen-bond donors (Lipinski definition) is 0. The molecule has 26 heavy (non-hydrogen) atoms. The first-order chi connectivity index (χ1) is 12.5. The Bertz CT molecular complexity index is 836. The molecule has 138 valence electrons. The van der Waals surface area contributed by atoms with E-state index in [9.17, 15) is 4.79 Å². The number of nitrogens with zero attached hydrogens (tertiary/aromatic N) is 3. The Labute approximate surface area is 155 Å². The van der Waals surface area contributed by atoms with E-state index in [-0.39, 0.29) is 25.3 Å². The van der Waals surface area contributed by atoms with E-state index in [1.54, 1.807) is 32.4 Å². The van der Waals surface area contributed by atoms with Gasteiger partial charge in [-0.15, -0.1) is 0 Å². The maximum Gasteiger partial charge on any atom is 0.246 e. The molecular weight excluding hydrogens is 362 g/mol. The van der Waals surface area contributed by atoms with Gasteiger partial charge in [-0.05, 0) is 30.7 Å². The highest BCUT2D eigenvalue weighted by atomic mass is 35.5. The SMILES string of the molecule is COC(C)c1noc(CN(C)C(=O)C=Cc2cc(Cl)c3c(c2)OCO3)n1. The lowest BCUT2D eigenvalue weighted by molar-refractivity contribution is -0.125. The van der Waals surface area contributed by atoms with E-state index in [1.165, 1.54) is 11.0 Å². The molecule has 1 aromatic heterocycles. The van der Waals surface area contributed by atoms with Crippen LogP contribution >= 0.6 is 11.6 Å². The number of fused-ring (bicyclic) bond motifs is 1. The number of likely N-dealkylation sites (N-methyl/N-ethyl adjacent to an activating group) is 1. The maximum atomic E-state index is 12.3. The molecule has 0 radical (unpaired) electrons. The van der Waals surface area contributed by atoms with Crippen LogP contribution in [0.25, 0.3) is 6.08 Å². The van der Waals surface area contributed by atoms with Crippen LogP contribution in [0.1, 0.15) is 30.3 Å². The third kappa shape index (κ3) is 3.97. The van der Waals surface area contributed by atoms with Gasteiger partial charge in [-0.25, -0.2) is 0 Å². The molecule has 3 rings (SSSR count). The van der Waals surface area contributed by atoms with Crippen LogP contribution in [0.3, 0.4) is 0 Å². The van der Waals surface area contributed by atoms with Crippen LogP contribution in [0.4, 0.5) is 0 Å². The van der Waals surface area contributed by atoms with E-state index in [0.717, 1.165) is 5.56 Å². The minimum Gasteiger partial charge on any atom is -0.454 e. The van der Waals surface area contributed by atoms with Crippen molar-refractivity contribution >= 4 is 23.6 Å². The van der Waals surface area contributed by atoms with Crippen LogP contribution in [-0.2, 0) is 16.1 Å². The molecule has 1 atom stereocenters. The van der Waals surface area contributed by atoms with Crippen molar-refractivity contribution in [1.82, 2.24) is 15.0 Å². The number of benzene rings is 1. The van der Waals surface area contributed by atoms with Gasteiger partial charge in [-0.2, -0.15) is 4.98 Å². The number of carbonyl (C=O) groups excluding carboxylic acids is 1. The van der Waals surface area contributed by atoms with Crippen LogP contribution in [0.5, 0.6) is 11.5 Å². The first-order valence-electron chi connectivity index (χ1n) is 7.85. The molecule has 0 saturated carbocycles. The van der Waals surface area contributed by atoms with Crippen molar-refractivity contribution in [2.24, 2.45) is 0 Å². The molecule has 2 heterocycles. The van der Waals surface area contributed by atoms with E-state index >= 15 is 0 Å². The lowest BCUT2D eigenvalue weighted by atomic mass is 10.2. The molecule has 0 N–H and O–H groups in total. The predicted molar refractivity (Wildman–Crippen MR) is 92.8 cm³/mol. The molecule has 2 aromatic rings. The fourth-order valence-corrected chi connectivity index (χ4v) is 2.54. The topological polar surface area (TPSA) is 86.9 Å². The first-order valence-corrected chi connectivity index (χ1v) is 8.23. The number of halogens is 1. The molecule has 9 heteroatoms. The van der Waals surface area contributed by atoms with Gasteiger partial charge in [0, 0.05) is 20.2 Å². The Morgan fingerprint density at radius 2 is 2.27 bits per heavy atom. The van der Waals surface area contributed by atoms with Crippen molar-refractivity contribution in [2.75, 3.05) is 21.0 Å². The Morgan fingerprint density at radius 3 is 3.04 bits per heavy atom. The van der Waals surface area contributed by atoms with Crippen LogP contribution in [-0.4, -0.2) is 41.9 Å². The fraction of sp³-hybridized carbons (Fsp3) is 0.353. The van der Waals surface area contributed by atoms with Crippen LogP contribution < -0.4 is 9.47 Å². The van der Waals surface area contributed by atoms with Gasteiger partial charge in [0.25, 0.3) is 0 Å². The van der Waals surface area contributed by atoms with Gasteiger partial charge < -0.3 is 23.6 Å². The quantitative estimate of drug-likeness (QED) is 0.713. The van der Waals surface area contributed by atoms with E-state index in [2.05, 4.69) is 10.1 Å². The average molecular weight is 380 g/mol. The van der Waals surface area contributed by atoms with Gasteiger partial charge in [-0.1, -0.05) is 16.8 Å². The number of hydrogen-bond acceptors (Lipinski definition) is 7. The molecule has 0 aliphatic carbocycles. The molecule has 1 aliphatic rings. The Balaban J connectivity index is 1.63. The summed E-state index contributed by atoms with van der Waals surface area (Å²) in [5.74, 6) is 1.62. The van der Waals surface area contributed by atoms with Crippen molar-refractivity contribution in [3.05, 3.63) is 40.5 Å². The van der Waals surface area contributed by atoms with Gasteiger partial charge >= 0.3 is 0 Å². The standard InChI is InChI=1S/C17H18ClN3O5/c1-10(23-3)17-19-14(26-20-17)8-21(2)15(22)5-4-11-6-12(18)16-13(7-11)24-9-25-16/h4-7,10H,8-9H2,1-3H3. The van der Waals surface area contributed by atoms with Crippen molar-refractivity contribution in [3.8, 4) is 11.5 Å². The van der Waals surface area contributed by atoms with Gasteiger partial charge in [-0.3, -0.25) is 4.79 Å². The molecule has 8 nitrogen and oxygen atoms in total. The van der Waals surface area contributed by atoms with Gasteiger partial charge in [0.15, 0.2) is 17.3 Å². The second-order valence-electron chi connectivity index (χ2n) is 5.69. The molecule has 1 aliphatic heterocycles. The lowest BCUT2D eigenvalue weighted by Gasteiger charge is -2.11. The van der Waals surface area contributed by atoms with Gasteiger partial charge in [0.2, 0.25) is 18.6 Å². The van der Waals surface area contributed by atoms with Crippen molar-refractivity contribution in [2.45, 2.75) is 19.6 Å². The van der Waals surface area contributed by atoms with Crippen molar-refractivity contribution < 1.29 is 23.5 Å². The van der Waals surface area contributed by atoms with Gasteiger partial charge in [0.1, 0.15) is 6.10 Å². The zero-order chi connectivity index (χ0) is 18.7. The number of carbonyl (C=O) groups is 1. The number of aromatic nitrogens is 2. The monoisotopic (exact) mass is 379 g/mol. The van der Waals surface area contributed by atoms with Gasteiger partial charge in [0.05, 0.1) is 11.6 Å². The summed E-state index contributed by atoms with van der Waals surface area (Å²) in [7, 11) is 3.20. The summed E-state index contributed by atoms with van der Waals surface area (Å²) in [4.78, 5) is 17.9. The van der Waals surface area contributed by atoms with Crippen LogP contribution in [0.15, 0.2) is 22.7 Å². The van der Waals surface area contributed by atoms with Crippen molar-refractivity contribution in [1.29, 1.82) is 0 Å². The normalized spacial score (nSPS) is 14.0. The average Bonchev–Trinajstić information content (AvgIpc) is 3.28. The van der Waals surface area contributed by atoms with Crippen LogP contribution in [0.2, 0.25) is 5.02 Å². The predicted octanol–water partition coefficient (Wildman–Crippen LogP) is 2.83. The van der Waals surface area contributed by atoms with E-state index in [1.807, 2.05) is 6.92 Å². The Morgan fingerprint density at radius 1 is 1.46 bits per heavy atom. The molecule has 1 amide bonds. The summed E-state index contributed by atoms with van der Waals surface area (Å²) < 4.78 is 20.8. The lowest BCUT2D eigenvalue weighted by Crippen LogP contribution is -2.24. The zero-order valence-corrected chi connectivity index (χ0v) is 15.3. The van der Waals surface area contributed by atoms with Crippen LogP contribution in [0, 0.1) is 0 Å². The number of amides is 1. The summed E-state index contributed by atoms with van der Waals surface area (Å²) in [6, 6.07) is 3.46.